The van der Waals surface area contributed by atoms with E-state index in [1.54, 1.807) is 0 Å². The predicted octanol–water partition coefficient (Wildman–Crippen LogP) is 4.19. The summed E-state index contributed by atoms with van der Waals surface area (Å²) in [6.07, 6.45) is 9.01. The smallest absolute Gasteiger partial charge is 0.156 e. The zero-order valence-corrected chi connectivity index (χ0v) is 13.2. The average Bonchev–Trinajstić information content (AvgIpc) is 2.44. The summed E-state index contributed by atoms with van der Waals surface area (Å²) in [6.45, 7) is 2.52. The van der Waals surface area contributed by atoms with Crippen LogP contribution in [0.4, 0.5) is 0 Å². The molecule has 0 fully saturated rings. The van der Waals surface area contributed by atoms with E-state index in [2.05, 4.69) is 19.1 Å². The summed E-state index contributed by atoms with van der Waals surface area (Å²) in [5.74, 6) is 0.918. The van der Waals surface area contributed by atoms with Crippen molar-refractivity contribution >= 4 is 11.1 Å². The normalized spacial score (nSPS) is 12.3. The second-order valence-electron chi connectivity index (χ2n) is 5.04. The Labute approximate surface area is 125 Å². The fourth-order valence-corrected chi connectivity index (χ4v) is 2.32. The molecule has 0 aliphatic carbocycles. The number of benzene rings is 1. The van der Waals surface area contributed by atoms with Crippen LogP contribution in [0.1, 0.15) is 51.0 Å². The van der Waals surface area contributed by atoms with Crippen LogP contribution in [0, 0.1) is 0 Å². The zero-order chi connectivity index (χ0) is 14.6. The van der Waals surface area contributed by atoms with E-state index in [1.165, 1.54) is 44.1 Å². The molecule has 1 unspecified atom stereocenters. The molecular formula is C16H26O3S. The first kappa shape index (κ1) is 17.2. The van der Waals surface area contributed by atoms with Crippen LogP contribution < -0.4 is 4.74 Å². The van der Waals surface area contributed by atoms with Crippen LogP contribution in [0.3, 0.4) is 0 Å². The molecule has 1 aromatic carbocycles. The minimum Gasteiger partial charge on any atom is -0.493 e. The van der Waals surface area contributed by atoms with Gasteiger partial charge < -0.3 is 9.29 Å². The van der Waals surface area contributed by atoms with E-state index in [0.717, 1.165) is 12.2 Å². The molecule has 0 spiro atoms. The van der Waals surface area contributed by atoms with E-state index in [0.29, 0.717) is 0 Å². The molecule has 0 aliphatic rings. The van der Waals surface area contributed by atoms with Crippen LogP contribution in [-0.4, -0.2) is 21.1 Å². The Kier molecular flexibility index (Phi) is 9.33. The van der Waals surface area contributed by atoms with Gasteiger partial charge >= 0.3 is 0 Å². The van der Waals surface area contributed by atoms with E-state index in [1.807, 2.05) is 12.1 Å². The van der Waals surface area contributed by atoms with Gasteiger partial charge in [-0.05, 0) is 30.5 Å². The number of ether oxygens (including phenoxy) is 1. The molecule has 0 aromatic heterocycles. The molecule has 1 atom stereocenters. The highest BCUT2D eigenvalue weighted by Crippen LogP contribution is 2.15. The quantitative estimate of drug-likeness (QED) is 0.492. The number of rotatable bonds is 11. The first-order valence-electron chi connectivity index (χ1n) is 7.51. The minimum atomic E-state index is -1.78. The van der Waals surface area contributed by atoms with Gasteiger partial charge in [-0.25, -0.2) is 4.21 Å². The van der Waals surface area contributed by atoms with Gasteiger partial charge in [-0.15, -0.1) is 0 Å². The third-order valence-corrected chi connectivity index (χ3v) is 3.78. The van der Waals surface area contributed by atoms with Crippen molar-refractivity contribution in [2.45, 2.75) is 51.9 Å². The molecule has 1 N–H and O–H groups in total. The molecule has 0 saturated heterocycles. The fraction of sp³-hybridized carbons (Fsp3) is 0.625. The van der Waals surface area contributed by atoms with E-state index in [4.69, 9.17) is 9.29 Å². The number of unbranched alkanes of at least 4 members (excludes halogenated alkanes) is 5. The zero-order valence-electron chi connectivity index (χ0n) is 12.3. The third kappa shape index (κ3) is 8.33. The Hall–Kier alpha value is -0.870. The van der Waals surface area contributed by atoms with Crippen molar-refractivity contribution in [3.63, 3.8) is 0 Å². The average molecular weight is 298 g/mol. The highest BCUT2D eigenvalue weighted by molar-refractivity contribution is 7.79. The Morgan fingerprint density at radius 3 is 2.35 bits per heavy atom. The highest BCUT2D eigenvalue weighted by atomic mass is 32.2. The van der Waals surface area contributed by atoms with Crippen molar-refractivity contribution in [1.82, 2.24) is 0 Å². The van der Waals surface area contributed by atoms with Gasteiger partial charge in [-0.2, -0.15) is 0 Å². The SMILES string of the molecule is CCCCCCCCc1ccc(OCCS(=O)O)cc1. The van der Waals surface area contributed by atoms with Crippen LogP contribution in [0.5, 0.6) is 5.75 Å². The van der Waals surface area contributed by atoms with Gasteiger partial charge in [0.1, 0.15) is 12.4 Å². The summed E-state index contributed by atoms with van der Waals surface area (Å²) >= 11 is -1.78. The Morgan fingerprint density at radius 2 is 1.70 bits per heavy atom. The van der Waals surface area contributed by atoms with Gasteiger partial charge in [0.25, 0.3) is 0 Å². The molecular weight excluding hydrogens is 272 g/mol. The first-order valence-corrected chi connectivity index (χ1v) is 8.79. The molecule has 0 radical (unpaired) electrons. The van der Waals surface area contributed by atoms with E-state index >= 15 is 0 Å². The summed E-state index contributed by atoms with van der Waals surface area (Å²) in [4.78, 5) is 0. The van der Waals surface area contributed by atoms with E-state index in [9.17, 15) is 4.21 Å². The maximum atomic E-state index is 10.5. The second kappa shape index (κ2) is 10.9. The van der Waals surface area contributed by atoms with Gasteiger partial charge in [0.05, 0.1) is 5.75 Å². The lowest BCUT2D eigenvalue weighted by Crippen LogP contribution is -2.07. The van der Waals surface area contributed by atoms with Gasteiger partial charge in [-0.3, -0.25) is 0 Å². The van der Waals surface area contributed by atoms with Crippen molar-refractivity contribution in [1.29, 1.82) is 0 Å². The van der Waals surface area contributed by atoms with Crippen LogP contribution >= 0.6 is 0 Å². The van der Waals surface area contributed by atoms with Gasteiger partial charge in [0.2, 0.25) is 0 Å². The molecule has 0 amide bonds. The van der Waals surface area contributed by atoms with Crippen molar-refractivity contribution in [2.75, 3.05) is 12.4 Å². The summed E-state index contributed by atoms with van der Waals surface area (Å²) < 4.78 is 24.5. The van der Waals surface area contributed by atoms with Crippen LogP contribution in [0.2, 0.25) is 0 Å². The summed E-state index contributed by atoms with van der Waals surface area (Å²) in [6, 6.07) is 8.04. The lowest BCUT2D eigenvalue weighted by atomic mass is 10.0. The number of hydrogen-bond donors (Lipinski definition) is 1. The Balaban J connectivity index is 2.16. The lowest BCUT2D eigenvalue weighted by Gasteiger charge is -2.06. The van der Waals surface area contributed by atoms with E-state index in [-0.39, 0.29) is 12.4 Å². The molecule has 4 heteroatoms. The topological polar surface area (TPSA) is 46.5 Å². The minimum absolute atomic E-state index is 0.152. The summed E-state index contributed by atoms with van der Waals surface area (Å²) in [5.41, 5.74) is 1.33. The van der Waals surface area contributed by atoms with Crippen molar-refractivity contribution in [2.24, 2.45) is 0 Å². The first-order chi connectivity index (χ1) is 9.72. The summed E-state index contributed by atoms with van der Waals surface area (Å²) in [7, 11) is 0. The third-order valence-electron chi connectivity index (χ3n) is 3.27. The number of aryl methyl sites for hydroxylation is 1. The van der Waals surface area contributed by atoms with E-state index < -0.39 is 11.1 Å². The predicted molar refractivity (Wildman–Crippen MR) is 84.7 cm³/mol. The monoisotopic (exact) mass is 298 g/mol. The molecule has 20 heavy (non-hydrogen) atoms. The van der Waals surface area contributed by atoms with Crippen molar-refractivity contribution < 1.29 is 13.5 Å². The molecule has 0 saturated carbocycles. The van der Waals surface area contributed by atoms with Gasteiger partial charge in [0.15, 0.2) is 11.1 Å². The molecule has 0 aliphatic heterocycles. The van der Waals surface area contributed by atoms with Gasteiger partial charge in [-0.1, -0.05) is 51.2 Å². The lowest BCUT2D eigenvalue weighted by molar-refractivity contribution is 0.340. The maximum absolute atomic E-state index is 10.5. The van der Waals surface area contributed by atoms with Gasteiger partial charge in [0, 0.05) is 0 Å². The van der Waals surface area contributed by atoms with Crippen molar-refractivity contribution in [3.8, 4) is 5.75 Å². The highest BCUT2D eigenvalue weighted by Gasteiger charge is 1.98. The van der Waals surface area contributed by atoms with Crippen LogP contribution in [0.25, 0.3) is 0 Å². The molecule has 3 nitrogen and oxygen atoms in total. The molecule has 1 aromatic rings. The Morgan fingerprint density at radius 1 is 1.05 bits per heavy atom. The molecule has 0 heterocycles. The molecule has 114 valence electrons. The molecule has 0 bridgehead atoms. The van der Waals surface area contributed by atoms with Crippen molar-refractivity contribution in [3.05, 3.63) is 29.8 Å². The van der Waals surface area contributed by atoms with Crippen LogP contribution in [-0.2, 0) is 17.5 Å². The standard InChI is InChI=1S/C16H26O3S/c1-2-3-4-5-6-7-8-15-9-11-16(12-10-15)19-13-14-20(17)18/h9-12H,2-8,13-14H2,1H3,(H,17,18). The summed E-state index contributed by atoms with van der Waals surface area (Å²) in [5, 5.41) is 0. The number of hydrogen-bond acceptors (Lipinski definition) is 2. The maximum Gasteiger partial charge on any atom is 0.156 e. The second-order valence-corrected chi connectivity index (χ2v) is 6.09. The molecule has 1 rings (SSSR count). The fourth-order valence-electron chi connectivity index (χ4n) is 2.09. The Bertz CT molecular complexity index is 376. The largest absolute Gasteiger partial charge is 0.493 e. The van der Waals surface area contributed by atoms with Crippen LogP contribution in [0.15, 0.2) is 24.3 Å².